The van der Waals surface area contributed by atoms with Crippen molar-refractivity contribution in [1.82, 2.24) is 20.2 Å². The Morgan fingerprint density at radius 1 is 1.43 bits per heavy atom. The Balaban J connectivity index is 1.48. The van der Waals surface area contributed by atoms with Gasteiger partial charge in [-0.05, 0) is 46.9 Å². The van der Waals surface area contributed by atoms with E-state index in [1.165, 1.54) is 17.3 Å². The molecule has 122 valence electrons. The Bertz CT molecular complexity index is 681. The van der Waals surface area contributed by atoms with E-state index in [0.717, 1.165) is 24.4 Å². The van der Waals surface area contributed by atoms with Crippen molar-refractivity contribution in [2.75, 3.05) is 11.1 Å². The van der Waals surface area contributed by atoms with E-state index < -0.39 is 0 Å². The van der Waals surface area contributed by atoms with Gasteiger partial charge in [-0.1, -0.05) is 26.0 Å². The van der Waals surface area contributed by atoms with Crippen molar-refractivity contribution >= 4 is 23.4 Å². The first-order chi connectivity index (χ1) is 11.1. The van der Waals surface area contributed by atoms with Crippen LogP contribution in [0.15, 0.2) is 24.3 Å². The predicted octanol–water partition coefficient (Wildman–Crippen LogP) is 3.00. The van der Waals surface area contributed by atoms with E-state index in [1.54, 1.807) is 0 Å². The number of nitrogens with one attached hydrogen (secondary N) is 1. The predicted molar refractivity (Wildman–Crippen MR) is 91.4 cm³/mol. The minimum Gasteiger partial charge on any atom is -0.325 e. The summed E-state index contributed by atoms with van der Waals surface area (Å²) in [6.07, 6.45) is 2.30. The largest absolute Gasteiger partial charge is 0.325 e. The lowest BCUT2D eigenvalue weighted by molar-refractivity contribution is -0.113. The SMILES string of the molecule is CC(C)c1cccc(NC(=O)CSCc2nnnn2C2CC2)c1. The molecule has 1 aromatic carbocycles. The van der Waals surface area contributed by atoms with Crippen molar-refractivity contribution in [2.24, 2.45) is 0 Å². The fraction of sp³-hybridized carbons (Fsp3) is 0.500. The molecule has 1 aromatic heterocycles. The molecule has 0 saturated heterocycles. The van der Waals surface area contributed by atoms with Crippen molar-refractivity contribution in [3.8, 4) is 0 Å². The summed E-state index contributed by atoms with van der Waals surface area (Å²) in [6.45, 7) is 4.28. The first-order valence-corrected chi connectivity index (χ1v) is 9.03. The van der Waals surface area contributed by atoms with E-state index in [4.69, 9.17) is 0 Å². The van der Waals surface area contributed by atoms with Gasteiger partial charge in [-0.2, -0.15) is 0 Å². The number of benzene rings is 1. The molecule has 0 radical (unpaired) electrons. The second-order valence-electron chi connectivity index (χ2n) is 6.09. The molecule has 6 nitrogen and oxygen atoms in total. The van der Waals surface area contributed by atoms with Crippen molar-refractivity contribution in [1.29, 1.82) is 0 Å². The van der Waals surface area contributed by atoms with Crippen LogP contribution in [-0.4, -0.2) is 31.9 Å². The van der Waals surface area contributed by atoms with Crippen LogP contribution in [0, 0.1) is 0 Å². The zero-order valence-corrected chi connectivity index (χ0v) is 14.2. The number of thioether (sulfide) groups is 1. The van der Waals surface area contributed by atoms with Crippen LogP contribution in [0.3, 0.4) is 0 Å². The lowest BCUT2D eigenvalue weighted by Gasteiger charge is -2.09. The second kappa shape index (κ2) is 7.12. The number of hydrogen-bond acceptors (Lipinski definition) is 5. The number of tetrazole rings is 1. The molecule has 1 N–H and O–H groups in total. The minimum atomic E-state index is 0.00125. The van der Waals surface area contributed by atoms with E-state index in [1.807, 2.05) is 22.9 Å². The minimum absolute atomic E-state index is 0.00125. The molecule has 1 aliphatic carbocycles. The Morgan fingerprint density at radius 3 is 3.00 bits per heavy atom. The van der Waals surface area contributed by atoms with Gasteiger partial charge in [0, 0.05) is 5.69 Å². The van der Waals surface area contributed by atoms with E-state index in [-0.39, 0.29) is 5.91 Å². The van der Waals surface area contributed by atoms with Crippen LogP contribution in [0.2, 0.25) is 0 Å². The maximum atomic E-state index is 12.1. The monoisotopic (exact) mass is 331 g/mol. The zero-order chi connectivity index (χ0) is 16.2. The number of aromatic nitrogens is 4. The van der Waals surface area contributed by atoms with Gasteiger partial charge in [0.05, 0.1) is 17.5 Å². The second-order valence-corrected chi connectivity index (χ2v) is 7.08. The summed E-state index contributed by atoms with van der Waals surface area (Å²) in [6, 6.07) is 8.46. The highest BCUT2D eigenvalue weighted by molar-refractivity contribution is 7.99. The average molecular weight is 331 g/mol. The number of anilines is 1. The van der Waals surface area contributed by atoms with Gasteiger partial charge in [0.1, 0.15) is 0 Å². The maximum absolute atomic E-state index is 12.1. The molecule has 0 atom stereocenters. The molecule has 3 rings (SSSR count). The van der Waals surface area contributed by atoms with Gasteiger partial charge in [-0.3, -0.25) is 4.79 Å². The Morgan fingerprint density at radius 2 is 2.26 bits per heavy atom. The van der Waals surface area contributed by atoms with Gasteiger partial charge in [0.2, 0.25) is 5.91 Å². The van der Waals surface area contributed by atoms with Crippen molar-refractivity contribution < 1.29 is 4.79 Å². The summed E-state index contributed by atoms with van der Waals surface area (Å²) in [4.78, 5) is 12.1. The molecule has 0 spiro atoms. The Labute approximate surface area is 140 Å². The van der Waals surface area contributed by atoms with Crippen LogP contribution in [0.1, 0.15) is 50.0 Å². The fourth-order valence-corrected chi connectivity index (χ4v) is 3.05. The molecule has 23 heavy (non-hydrogen) atoms. The summed E-state index contributed by atoms with van der Waals surface area (Å²) < 4.78 is 1.89. The number of nitrogens with zero attached hydrogens (tertiary/aromatic N) is 4. The number of amides is 1. The smallest absolute Gasteiger partial charge is 0.234 e. The van der Waals surface area contributed by atoms with Gasteiger partial charge in [-0.15, -0.1) is 16.9 Å². The van der Waals surface area contributed by atoms with Crippen molar-refractivity contribution in [3.05, 3.63) is 35.7 Å². The molecular formula is C16H21N5OS. The molecular weight excluding hydrogens is 310 g/mol. The third-order valence-electron chi connectivity index (χ3n) is 3.76. The number of carbonyl (C=O) groups is 1. The molecule has 0 aliphatic heterocycles. The van der Waals surface area contributed by atoms with Crippen LogP contribution in [0.5, 0.6) is 0 Å². The van der Waals surface area contributed by atoms with Crippen LogP contribution in [0.4, 0.5) is 5.69 Å². The number of carbonyl (C=O) groups excluding carboxylic acids is 1. The molecule has 7 heteroatoms. The highest BCUT2D eigenvalue weighted by Crippen LogP contribution is 2.34. The first-order valence-electron chi connectivity index (χ1n) is 7.88. The van der Waals surface area contributed by atoms with E-state index in [2.05, 4.69) is 40.8 Å². The fourth-order valence-electron chi connectivity index (χ4n) is 2.32. The molecule has 0 bridgehead atoms. The van der Waals surface area contributed by atoms with Gasteiger partial charge in [-0.25, -0.2) is 4.68 Å². The van der Waals surface area contributed by atoms with E-state index in [9.17, 15) is 4.79 Å². The molecule has 2 aromatic rings. The third-order valence-corrected chi connectivity index (χ3v) is 4.68. The Hall–Kier alpha value is -1.89. The maximum Gasteiger partial charge on any atom is 0.234 e. The first kappa shape index (κ1) is 16.0. The standard InChI is InChI=1S/C16H21N5OS/c1-11(2)12-4-3-5-13(8-12)17-16(22)10-23-9-15-18-19-20-21(15)14-6-7-14/h3-5,8,11,14H,6-7,9-10H2,1-2H3,(H,17,22). The van der Waals surface area contributed by atoms with Gasteiger partial charge >= 0.3 is 0 Å². The third kappa shape index (κ3) is 4.31. The average Bonchev–Trinajstić information content (AvgIpc) is 3.27. The highest BCUT2D eigenvalue weighted by atomic mass is 32.2. The number of hydrogen-bond donors (Lipinski definition) is 1. The van der Waals surface area contributed by atoms with Crippen molar-refractivity contribution in [3.63, 3.8) is 0 Å². The van der Waals surface area contributed by atoms with Crippen molar-refractivity contribution in [2.45, 2.75) is 44.4 Å². The lowest BCUT2D eigenvalue weighted by atomic mass is 10.0. The summed E-state index contributed by atoms with van der Waals surface area (Å²) in [5.41, 5.74) is 2.07. The van der Waals surface area contributed by atoms with Crippen LogP contribution < -0.4 is 5.32 Å². The van der Waals surface area contributed by atoms with E-state index >= 15 is 0 Å². The molecule has 0 unspecified atom stereocenters. The van der Waals surface area contributed by atoms with E-state index in [0.29, 0.717) is 23.5 Å². The van der Waals surface area contributed by atoms with Crippen LogP contribution >= 0.6 is 11.8 Å². The van der Waals surface area contributed by atoms with Crippen LogP contribution in [-0.2, 0) is 10.5 Å². The Kier molecular flexibility index (Phi) is 4.95. The molecule has 1 fully saturated rings. The van der Waals surface area contributed by atoms with Gasteiger partial charge in [0.25, 0.3) is 0 Å². The van der Waals surface area contributed by atoms with Crippen LogP contribution in [0.25, 0.3) is 0 Å². The highest BCUT2D eigenvalue weighted by Gasteiger charge is 2.27. The summed E-state index contributed by atoms with van der Waals surface area (Å²) >= 11 is 1.53. The molecule has 1 heterocycles. The normalized spacial score (nSPS) is 14.2. The summed E-state index contributed by atoms with van der Waals surface area (Å²) in [7, 11) is 0. The zero-order valence-electron chi connectivity index (χ0n) is 13.4. The summed E-state index contributed by atoms with van der Waals surface area (Å²) in [5, 5.41) is 14.7. The quantitative estimate of drug-likeness (QED) is 0.844. The number of rotatable bonds is 7. The topological polar surface area (TPSA) is 72.7 Å². The lowest BCUT2D eigenvalue weighted by Crippen LogP contribution is -2.14. The molecule has 1 aliphatic rings. The molecule has 1 amide bonds. The summed E-state index contributed by atoms with van der Waals surface area (Å²) in [5.74, 6) is 2.35. The van der Waals surface area contributed by atoms with Gasteiger partial charge < -0.3 is 5.32 Å². The van der Waals surface area contributed by atoms with Gasteiger partial charge in [0.15, 0.2) is 5.82 Å². The molecule has 1 saturated carbocycles.